The lowest BCUT2D eigenvalue weighted by Crippen LogP contribution is -2.30. The first-order valence-electron chi connectivity index (χ1n) is 8.54. The first-order valence-corrected chi connectivity index (χ1v) is 8.54. The van der Waals surface area contributed by atoms with Gasteiger partial charge in [-0.25, -0.2) is 9.78 Å². The number of hydrogen-bond acceptors (Lipinski definition) is 5. The van der Waals surface area contributed by atoms with Gasteiger partial charge >= 0.3 is 6.03 Å². The number of anilines is 2. The average Bonchev–Trinajstić information content (AvgIpc) is 2.86. The van der Waals surface area contributed by atoms with Crippen LogP contribution in [0.1, 0.15) is 12.0 Å². The summed E-state index contributed by atoms with van der Waals surface area (Å²) >= 11 is 0. The number of aromatic nitrogens is 2. The van der Waals surface area contributed by atoms with Crippen LogP contribution in [0.15, 0.2) is 42.9 Å². The molecule has 7 heteroatoms. The van der Waals surface area contributed by atoms with E-state index in [9.17, 15) is 4.79 Å². The molecule has 0 aliphatic carbocycles. The molecular formula is C18H24N6O. The van der Waals surface area contributed by atoms with Crippen LogP contribution >= 0.6 is 0 Å². The molecule has 1 saturated heterocycles. The highest BCUT2D eigenvalue weighted by Gasteiger charge is 2.13. The van der Waals surface area contributed by atoms with Gasteiger partial charge < -0.3 is 20.4 Å². The maximum absolute atomic E-state index is 11.9. The van der Waals surface area contributed by atoms with Crippen molar-refractivity contribution in [3.8, 4) is 0 Å². The van der Waals surface area contributed by atoms with Gasteiger partial charge in [-0.1, -0.05) is 6.07 Å². The van der Waals surface area contributed by atoms with E-state index in [0.717, 1.165) is 44.0 Å². The lowest BCUT2D eigenvalue weighted by molar-refractivity contribution is 0.251. The van der Waals surface area contributed by atoms with E-state index in [1.165, 1.54) is 0 Å². The fraction of sp³-hybridized carbons (Fsp3) is 0.389. The highest BCUT2D eigenvalue weighted by atomic mass is 16.2. The molecule has 1 aliphatic heterocycles. The second-order valence-electron chi connectivity index (χ2n) is 6.22. The number of nitrogens with zero attached hydrogens (tertiary/aromatic N) is 4. The zero-order valence-corrected chi connectivity index (χ0v) is 14.5. The highest BCUT2D eigenvalue weighted by Crippen LogP contribution is 2.14. The first-order chi connectivity index (χ1) is 12.2. The van der Waals surface area contributed by atoms with Crippen molar-refractivity contribution in [3.63, 3.8) is 0 Å². The second kappa shape index (κ2) is 8.43. The Morgan fingerprint density at radius 3 is 2.84 bits per heavy atom. The van der Waals surface area contributed by atoms with Crippen molar-refractivity contribution in [2.45, 2.75) is 13.0 Å². The molecule has 0 bridgehead atoms. The van der Waals surface area contributed by atoms with Crippen LogP contribution in [0.4, 0.5) is 16.3 Å². The van der Waals surface area contributed by atoms with Gasteiger partial charge in [0.2, 0.25) is 0 Å². The second-order valence-corrected chi connectivity index (χ2v) is 6.22. The molecule has 25 heavy (non-hydrogen) atoms. The molecular weight excluding hydrogens is 316 g/mol. The zero-order valence-electron chi connectivity index (χ0n) is 14.5. The van der Waals surface area contributed by atoms with Crippen LogP contribution < -0.4 is 15.5 Å². The van der Waals surface area contributed by atoms with Crippen LogP contribution in [-0.2, 0) is 6.54 Å². The molecule has 7 nitrogen and oxygen atoms in total. The topological polar surface area (TPSA) is 73.4 Å². The molecule has 2 aromatic rings. The van der Waals surface area contributed by atoms with Crippen LogP contribution in [0.25, 0.3) is 0 Å². The Morgan fingerprint density at radius 2 is 2.08 bits per heavy atom. The maximum atomic E-state index is 11.9. The molecule has 0 unspecified atom stereocenters. The standard InChI is InChI=1S/C18H24N6O/c1-23-8-3-9-24(11-10-23)17-6-5-15(12-20-17)13-21-18(25)22-16-4-2-7-19-14-16/h2,4-7,12,14H,3,8-11,13H2,1H3,(H2,21,22,25). The van der Waals surface area contributed by atoms with Crippen molar-refractivity contribution in [3.05, 3.63) is 48.4 Å². The molecule has 132 valence electrons. The van der Waals surface area contributed by atoms with E-state index in [2.05, 4.69) is 37.4 Å². The Kier molecular flexibility index (Phi) is 5.79. The lowest BCUT2D eigenvalue weighted by Gasteiger charge is -2.21. The molecule has 0 saturated carbocycles. The SMILES string of the molecule is CN1CCCN(c2ccc(CNC(=O)Nc3cccnc3)cn2)CC1. The minimum absolute atomic E-state index is 0.257. The average molecular weight is 340 g/mol. The van der Waals surface area contributed by atoms with Gasteiger partial charge in [0.05, 0.1) is 11.9 Å². The van der Waals surface area contributed by atoms with Crippen molar-refractivity contribution in [1.82, 2.24) is 20.2 Å². The molecule has 3 rings (SSSR count). The smallest absolute Gasteiger partial charge is 0.319 e. The molecule has 2 amide bonds. The van der Waals surface area contributed by atoms with Gasteiger partial charge in [0.25, 0.3) is 0 Å². The minimum Gasteiger partial charge on any atom is -0.355 e. The highest BCUT2D eigenvalue weighted by molar-refractivity contribution is 5.88. The molecule has 1 fully saturated rings. The lowest BCUT2D eigenvalue weighted by atomic mass is 10.2. The molecule has 2 aromatic heterocycles. The zero-order chi connectivity index (χ0) is 17.5. The van der Waals surface area contributed by atoms with E-state index in [4.69, 9.17) is 0 Å². The summed E-state index contributed by atoms with van der Waals surface area (Å²) in [5.74, 6) is 0.999. The number of pyridine rings is 2. The summed E-state index contributed by atoms with van der Waals surface area (Å²) < 4.78 is 0. The van der Waals surface area contributed by atoms with Gasteiger partial charge in [0.1, 0.15) is 5.82 Å². The largest absolute Gasteiger partial charge is 0.355 e. The van der Waals surface area contributed by atoms with Crippen molar-refractivity contribution in [2.24, 2.45) is 0 Å². The maximum Gasteiger partial charge on any atom is 0.319 e. The number of likely N-dealkylation sites (N-methyl/N-ethyl adjacent to an activating group) is 1. The van der Waals surface area contributed by atoms with E-state index < -0.39 is 0 Å². The van der Waals surface area contributed by atoms with Crippen molar-refractivity contribution >= 4 is 17.5 Å². The van der Waals surface area contributed by atoms with Gasteiger partial charge in [-0.15, -0.1) is 0 Å². The number of hydrogen-bond donors (Lipinski definition) is 2. The van der Waals surface area contributed by atoms with Gasteiger partial charge in [-0.05, 0) is 43.8 Å². The van der Waals surface area contributed by atoms with E-state index in [0.29, 0.717) is 12.2 Å². The molecule has 0 spiro atoms. The van der Waals surface area contributed by atoms with Gasteiger partial charge in [-0.3, -0.25) is 4.98 Å². The van der Waals surface area contributed by atoms with Crippen LogP contribution in [-0.4, -0.2) is 54.1 Å². The van der Waals surface area contributed by atoms with Crippen molar-refractivity contribution in [2.75, 3.05) is 43.4 Å². The third-order valence-electron chi connectivity index (χ3n) is 4.23. The van der Waals surface area contributed by atoms with E-state index in [1.807, 2.05) is 18.3 Å². The summed E-state index contributed by atoms with van der Waals surface area (Å²) in [6.07, 6.45) is 6.25. The Balaban J connectivity index is 1.49. The van der Waals surface area contributed by atoms with Crippen molar-refractivity contribution in [1.29, 1.82) is 0 Å². The minimum atomic E-state index is -0.257. The van der Waals surface area contributed by atoms with Gasteiger partial charge in [0.15, 0.2) is 0 Å². The fourth-order valence-electron chi connectivity index (χ4n) is 2.78. The molecule has 2 N–H and O–H groups in total. The fourth-order valence-corrected chi connectivity index (χ4v) is 2.78. The van der Waals surface area contributed by atoms with Gasteiger partial charge in [-0.2, -0.15) is 0 Å². The summed E-state index contributed by atoms with van der Waals surface area (Å²) in [6, 6.07) is 7.36. The predicted molar refractivity (Wildman–Crippen MR) is 98.7 cm³/mol. The van der Waals surface area contributed by atoms with E-state index >= 15 is 0 Å². The molecule has 0 aromatic carbocycles. The summed E-state index contributed by atoms with van der Waals surface area (Å²) in [5.41, 5.74) is 1.64. The van der Waals surface area contributed by atoms with Crippen molar-refractivity contribution < 1.29 is 4.79 Å². The van der Waals surface area contributed by atoms with Crippen LogP contribution in [0, 0.1) is 0 Å². The van der Waals surface area contributed by atoms with Gasteiger partial charge in [0, 0.05) is 38.6 Å². The van der Waals surface area contributed by atoms with Crippen LogP contribution in [0.3, 0.4) is 0 Å². The summed E-state index contributed by atoms with van der Waals surface area (Å²) in [5, 5.41) is 5.56. The molecule has 1 aliphatic rings. The number of carbonyl (C=O) groups excluding carboxylic acids is 1. The Hall–Kier alpha value is -2.67. The molecule has 0 atom stereocenters. The monoisotopic (exact) mass is 340 g/mol. The summed E-state index contributed by atoms with van der Waals surface area (Å²) in [6.45, 7) is 4.64. The number of amides is 2. The van der Waals surface area contributed by atoms with E-state index in [1.54, 1.807) is 24.5 Å². The number of rotatable bonds is 4. The number of carbonyl (C=O) groups is 1. The number of nitrogens with one attached hydrogen (secondary N) is 2. The van der Waals surface area contributed by atoms with Crippen LogP contribution in [0.5, 0.6) is 0 Å². The first kappa shape index (κ1) is 17.2. The summed E-state index contributed by atoms with van der Waals surface area (Å²) in [4.78, 5) is 25.1. The quantitative estimate of drug-likeness (QED) is 0.890. The third kappa shape index (κ3) is 5.15. The van der Waals surface area contributed by atoms with Crippen LogP contribution in [0.2, 0.25) is 0 Å². The Labute approximate surface area is 148 Å². The third-order valence-corrected chi connectivity index (χ3v) is 4.23. The van der Waals surface area contributed by atoms with E-state index in [-0.39, 0.29) is 6.03 Å². The Bertz CT molecular complexity index is 676. The predicted octanol–water partition coefficient (Wildman–Crippen LogP) is 1.94. The normalized spacial score (nSPS) is 15.5. The molecule has 0 radical (unpaired) electrons. The molecule has 3 heterocycles. The summed E-state index contributed by atoms with van der Waals surface area (Å²) in [7, 11) is 2.16. The number of urea groups is 1. The Morgan fingerprint density at radius 1 is 1.16 bits per heavy atom.